The Morgan fingerprint density at radius 3 is 1.68 bits per heavy atom. The van der Waals surface area contributed by atoms with E-state index in [4.69, 9.17) is 17.2 Å². The van der Waals surface area contributed by atoms with Gasteiger partial charge in [0.15, 0.2) is 5.96 Å². The predicted molar refractivity (Wildman–Crippen MR) is 247 cm³/mol. The van der Waals surface area contributed by atoms with Crippen molar-refractivity contribution in [3.63, 3.8) is 0 Å². The van der Waals surface area contributed by atoms with E-state index in [1.807, 2.05) is 0 Å². The van der Waals surface area contributed by atoms with Crippen molar-refractivity contribution in [2.24, 2.45) is 28.1 Å². The van der Waals surface area contributed by atoms with Crippen LogP contribution in [0, 0.1) is 13.0 Å². The molecule has 10 unspecified atom stereocenters. The van der Waals surface area contributed by atoms with E-state index in [1.54, 1.807) is 20.8 Å². The third kappa shape index (κ3) is 19.4. The Bertz CT molecular complexity index is 2030. The molecule has 0 radical (unpaired) electrons. The smallest absolute Gasteiger partial charge is 0.321 e. The van der Waals surface area contributed by atoms with Gasteiger partial charge >= 0.3 is 5.97 Å². The number of quaternary nitrogens is 1. The molecule has 0 fully saturated rings. The summed E-state index contributed by atoms with van der Waals surface area (Å²) in [5.74, 6) is -8.68. The van der Waals surface area contributed by atoms with Crippen molar-refractivity contribution in [2.75, 3.05) is 13.1 Å². The molecule has 2 aromatic carbocycles. The molecule has 0 aromatic heterocycles. The number of hydrogen-bond acceptors (Lipinski definition) is 11. The minimum atomic E-state index is -4.69. The number of nitrogens with zero attached hydrogens (tertiary/aromatic N) is 1. The Kier molecular flexibility index (Phi) is 23.8. The van der Waals surface area contributed by atoms with Crippen molar-refractivity contribution < 1.29 is 63.5 Å². The Labute approximate surface area is 384 Å². The number of carboxylic acid groups (broad SMARTS) is 1. The number of nitrogens with two attached hydrogens (primary N) is 4. The molecule has 370 valence electrons. The molecule has 0 spiro atoms. The molecule has 10 atom stereocenters. The fourth-order valence-corrected chi connectivity index (χ4v) is 9.64. The van der Waals surface area contributed by atoms with Crippen LogP contribution >= 0.6 is 15.0 Å². The predicted octanol–water partition coefficient (Wildman–Crippen LogP) is -0.899. The van der Waals surface area contributed by atoms with Crippen LogP contribution in [0.3, 0.4) is 0 Å². The number of phenols is 2. The molecule has 19 N–H and O–H groups in total. The van der Waals surface area contributed by atoms with E-state index in [-0.39, 0.29) is 62.7 Å². The van der Waals surface area contributed by atoms with Gasteiger partial charge in [-0.05, 0) is 100 Å². The Balaban J connectivity index is 2.52. The number of carbonyl (C=O) groups is 5. The van der Waals surface area contributed by atoms with Gasteiger partial charge in [-0.2, -0.15) is 7.05 Å². The number of aliphatic imine (C=N–C) groups is 1. The van der Waals surface area contributed by atoms with Crippen molar-refractivity contribution in [1.29, 1.82) is 0 Å². The molecular formula is C41H69N11O12P2. The van der Waals surface area contributed by atoms with Crippen LogP contribution in [-0.2, 0) is 45.9 Å². The lowest BCUT2D eigenvalue weighted by Crippen LogP contribution is -2.86. The summed E-state index contributed by atoms with van der Waals surface area (Å²) in [6.07, 6.45) is 0.568. The number of hydrogen-bond donors (Lipinski definition) is 15. The number of aromatic hydroxyl groups is 2. The first-order valence-electron chi connectivity index (χ1n) is 21.5. The van der Waals surface area contributed by atoms with Crippen LogP contribution in [0.1, 0.15) is 77.3 Å². The maximum absolute atomic E-state index is 14.4. The number of guanidine groups is 1. The first-order chi connectivity index (χ1) is 30.9. The fraction of sp³-hybridized carbons (Fsp3) is 0.537. The summed E-state index contributed by atoms with van der Waals surface area (Å²) in [7, 11) is -5.73. The molecule has 2 rings (SSSR count). The third-order valence-electron chi connectivity index (χ3n) is 10.7. The van der Waals surface area contributed by atoms with Crippen molar-refractivity contribution in [2.45, 2.75) is 121 Å². The highest BCUT2D eigenvalue weighted by atomic mass is 31.2. The normalized spacial score (nSPS) is 16.8. The van der Waals surface area contributed by atoms with Crippen LogP contribution in [0.5, 0.6) is 11.5 Å². The molecule has 0 saturated carbocycles. The average Bonchev–Trinajstić information content (AvgIpc) is 3.26. The van der Waals surface area contributed by atoms with Gasteiger partial charge in [0.25, 0.3) is 20.9 Å². The van der Waals surface area contributed by atoms with E-state index in [9.17, 15) is 58.2 Å². The molecular weight excluding hydrogens is 900 g/mol. The Morgan fingerprint density at radius 2 is 1.18 bits per heavy atom. The molecule has 2 aromatic rings. The zero-order valence-corrected chi connectivity index (χ0v) is 39.5. The number of aliphatic carboxylic acids is 1. The first-order valence-corrected chi connectivity index (χ1v) is 25.0. The Hall–Kier alpha value is -5.12. The summed E-state index contributed by atoms with van der Waals surface area (Å²) in [6.45, 7) is 6.43. The summed E-state index contributed by atoms with van der Waals surface area (Å²) in [4.78, 5) is 93.8. The lowest BCUT2D eigenvalue weighted by Gasteiger charge is -2.32. The summed E-state index contributed by atoms with van der Waals surface area (Å²) in [5, 5.41) is 46.0. The minimum Gasteiger partial charge on any atom is -0.508 e. The van der Waals surface area contributed by atoms with Crippen LogP contribution in [0.2, 0.25) is 0 Å². The van der Waals surface area contributed by atoms with Crippen LogP contribution in [0.4, 0.5) is 0 Å². The number of phenolic OH excluding ortho intramolecular Hbond substituents is 2. The van der Waals surface area contributed by atoms with Gasteiger partial charge in [-0.25, -0.2) is 10.2 Å². The lowest BCUT2D eigenvalue weighted by atomic mass is 10.0. The first kappa shape index (κ1) is 57.0. The third-order valence-corrected chi connectivity index (χ3v) is 14.6. The minimum absolute atomic E-state index is 0.0288. The van der Waals surface area contributed by atoms with E-state index >= 15 is 0 Å². The van der Waals surface area contributed by atoms with Crippen molar-refractivity contribution >= 4 is 50.6 Å². The second kappa shape index (κ2) is 27.5. The molecule has 0 aliphatic rings. The summed E-state index contributed by atoms with van der Waals surface area (Å²) >= 11 is 0. The topological polar surface area (TPSA) is 400 Å². The number of rotatable bonds is 30. The van der Waals surface area contributed by atoms with E-state index in [2.05, 4.69) is 43.5 Å². The highest BCUT2D eigenvalue weighted by molar-refractivity contribution is 7.57. The summed E-state index contributed by atoms with van der Waals surface area (Å²) < 4.78 is 27.7. The average molecular weight is 970 g/mol. The molecule has 0 saturated heterocycles. The maximum atomic E-state index is 14.4. The molecule has 0 heterocycles. The second-order valence-electron chi connectivity index (χ2n) is 16.1. The second-order valence-corrected chi connectivity index (χ2v) is 20.4. The van der Waals surface area contributed by atoms with Gasteiger partial charge in [-0.3, -0.25) is 38.1 Å². The van der Waals surface area contributed by atoms with Gasteiger partial charge in [0.05, 0.1) is 6.04 Å². The summed E-state index contributed by atoms with van der Waals surface area (Å²) in [5.41, 5.74) is 17.2. The fourth-order valence-electron chi connectivity index (χ4n) is 6.41. The quantitative estimate of drug-likeness (QED) is 0.0148. The van der Waals surface area contributed by atoms with Gasteiger partial charge in [0.2, 0.25) is 17.7 Å². The molecule has 0 aliphatic heterocycles. The Morgan fingerprint density at radius 1 is 0.697 bits per heavy atom. The van der Waals surface area contributed by atoms with Crippen molar-refractivity contribution in [1.82, 2.24) is 31.4 Å². The van der Waals surface area contributed by atoms with Crippen LogP contribution < -0.4 is 54.0 Å². The molecule has 23 nitrogen and oxygen atoms in total. The highest BCUT2D eigenvalue weighted by Gasteiger charge is 2.41. The van der Waals surface area contributed by atoms with E-state index in [1.165, 1.54) is 60.8 Å². The zero-order chi connectivity index (χ0) is 49.8. The zero-order valence-electron chi connectivity index (χ0n) is 37.8. The molecule has 25 heteroatoms. The molecule has 0 aliphatic carbocycles. The molecule has 66 heavy (non-hydrogen) atoms. The van der Waals surface area contributed by atoms with E-state index in [0.717, 1.165) is 0 Å². The number of amides is 4. The molecule has 4 amide bonds. The van der Waals surface area contributed by atoms with Crippen LogP contribution in [0.15, 0.2) is 53.5 Å². The number of unbranched alkanes of at least 4 members (excludes halogenated alkanes) is 1. The van der Waals surface area contributed by atoms with Gasteiger partial charge < -0.3 is 68.9 Å². The monoisotopic (exact) mass is 969 g/mol. The number of carbonyl (C=O) groups excluding carboxylic acids is 4. The standard InChI is InChI=1S/C41H69N11O12P2/c1-6-24(2)39(50-35(55)25(3)45-5)66(63,64)52-34(23-28-14-18-30(54)19-15-28)38(58)49-33(22-27-12-16-29(53)17-13-27)37(57)48-31(10-7-8-20-42)36(56)47-26(4)65(61,62)51-32(40(59)60)11-9-21-46-41(43)44/h12-19,24-26,31-34,39,53-54H,5-11,20-23,42,45H2,1-4H3,(H,47,56)(H,48,57)(H,49,58)(H,50,55)(H,59,60)(H4,43,44,46)(H2,51,61,62)(H2,52,63,64). The summed E-state index contributed by atoms with van der Waals surface area (Å²) in [6, 6.07) is 4.70. The SMILES string of the molecule is [CH2-][NH2+]C(C)C(=O)NC(C(C)CC)P(=O)(O)NC(Cc1ccc(O)cc1)C(=O)NC(Cc1ccc(O)cc1)C(=O)NC(CCCCN)C(=O)NC(C)P(=O)(O)NC(CCCN=C(N)N)C(=O)O. The highest BCUT2D eigenvalue weighted by Crippen LogP contribution is 2.45. The van der Waals surface area contributed by atoms with Gasteiger partial charge in [0.1, 0.15) is 47.2 Å². The number of nitrogens with one attached hydrogen (secondary N) is 6. The van der Waals surface area contributed by atoms with Crippen LogP contribution in [0.25, 0.3) is 0 Å². The van der Waals surface area contributed by atoms with Gasteiger partial charge in [-0.1, -0.05) is 44.5 Å². The van der Waals surface area contributed by atoms with Crippen molar-refractivity contribution in [3.05, 3.63) is 66.7 Å². The van der Waals surface area contributed by atoms with E-state index < -0.39 is 92.3 Å². The van der Waals surface area contributed by atoms with Crippen molar-refractivity contribution in [3.8, 4) is 11.5 Å². The van der Waals surface area contributed by atoms with Crippen LogP contribution in [-0.4, -0.2) is 116 Å². The number of carboxylic acids is 1. The lowest BCUT2D eigenvalue weighted by molar-refractivity contribution is -0.616. The van der Waals surface area contributed by atoms with Gasteiger partial charge in [0, 0.05) is 13.0 Å². The maximum Gasteiger partial charge on any atom is 0.321 e. The van der Waals surface area contributed by atoms with E-state index in [0.29, 0.717) is 30.4 Å². The largest absolute Gasteiger partial charge is 0.508 e. The van der Waals surface area contributed by atoms with Gasteiger partial charge in [-0.15, -0.1) is 0 Å². The molecule has 0 bridgehead atoms. The number of benzene rings is 2.